The molecule has 0 radical (unpaired) electrons. The molecule has 0 spiro atoms. The minimum absolute atomic E-state index is 0.0596. The lowest BCUT2D eigenvalue weighted by atomic mass is 10.3. The summed E-state index contributed by atoms with van der Waals surface area (Å²) >= 11 is 1.59. The van der Waals surface area contributed by atoms with E-state index in [1.165, 1.54) is 0 Å². The Kier molecular flexibility index (Phi) is 3.83. The molecule has 1 heterocycles. The summed E-state index contributed by atoms with van der Waals surface area (Å²) in [6.45, 7) is 6.25. The molecular formula is C10H14N2OS. The Bertz CT molecular complexity index is 351. The first kappa shape index (κ1) is 10.9. The second kappa shape index (κ2) is 4.91. The lowest BCUT2D eigenvalue weighted by molar-refractivity contribution is -0.116. The van der Waals surface area contributed by atoms with E-state index in [0.717, 1.165) is 16.3 Å². The van der Waals surface area contributed by atoms with Crippen molar-refractivity contribution in [1.82, 2.24) is 10.3 Å². The van der Waals surface area contributed by atoms with Crippen molar-refractivity contribution in [3.8, 4) is 0 Å². The van der Waals surface area contributed by atoms with E-state index >= 15 is 0 Å². The Balaban J connectivity index is 2.41. The minimum atomic E-state index is -0.0596. The van der Waals surface area contributed by atoms with E-state index in [1.54, 1.807) is 17.4 Å². The first-order chi connectivity index (χ1) is 6.58. The van der Waals surface area contributed by atoms with Crippen LogP contribution in [0, 0.1) is 6.92 Å². The van der Waals surface area contributed by atoms with E-state index in [4.69, 9.17) is 0 Å². The SMILES string of the molecule is CC(C)=CC(=O)NCc1csc(C)n1. The molecule has 0 bridgehead atoms. The van der Waals surface area contributed by atoms with Gasteiger partial charge in [0.1, 0.15) is 0 Å². The highest BCUT2D eigenvalue weighted by Gasteiger charge is 2.00. The quantitative estimate of drug-likeness (QED) is 0.776. The molecule has 0 fully saturated rings. The van der Waals surface area contributed by atoms with Crippen molar-refractivity contribution in [2.24, 2.45) is 0 Å². The van der Waals surface area contributed by atoms with Gasteiger partial charge in [-0.25, -0.2) is 4.98 Å². The zero-order valence-corrected chi connectivity index (χ0v) is 9.44. The minimum Gasteiger partial charge on any atom is -0.347 e. The average molecular weight is 210 g/mol. The largest absolute Gasteiger partial charge is 0.347 e. The maximum Gasteiger partial charge on any atom is 0.244 e. The number of rotatable bonds is 3. The number of nitrogens with zero attached hydrogens (tertiary/aromatic N) is 1. The summed E-state index contributed by atoms with van der Waals surface area (Å²) in [7, 11) is 0. The molecule has 0 saturated carbocycles. The zero-order chi connectivity index (χ0) is 10.6. The van der Waals surface area contributed by atoms with Crippen LogP contribution in [0.3, 0.4) is 0 Å². The zero-order valence-electron chi connectivity index (χ0n) is 8.63. The summed E-state index contributed by atoms with van der Waals surface area (Å²) in [5.74, 6) is -0.0596. The Morgan fingerprint density at radius 1 is 1.64 bits per heavy atom. The van der Waals surface area contributed by atoms with E-state index in [9.17, 15) is 4.79 Å². The molecule has 3 nitrogen and oxygen atoms in total. The monoisotopic (exact) mass is 210 g/mol. The van der Waals surface area contributed by atoms with Crippen LogP contribution in [0.4, 0.5) is 0 Å². The Morgan fingerprint density at radius 2 is 2.36 bits per heavy atom. The maximum atomic E-state index is 11.2. The second-order valence-electron chi connectivity index (χ2n) is 3.30. The van der Waals surface area contributed by atoms with Gasteiger partial charge in [-0.1, -0.05) is 5.57 Å². The van der Waals surface area contributed by atoms with Gasteiger partial charge in [-0.2, -0.15) is 0 Å². The first-order valence-electron chi connectivity index (χ1n) is 4.41. The number of aryl methyl sites for hydroxylation is 1. The number of aromatic nitrogens is 1. The van der Waals surface area contributed by atoms with Crippen molar-refractivity contribution in [2.45, 2.75) is 27.3 Å². The van der Waals surface area contributed by atoms with Crippen molar-refractivity contribution >= 4 is 17.2 Å². The van der Waals surface area contributed by atoms with Crippen LogP contribution in [0.1, 0.15) is 24.5 Å². The standard InChI is InChI=1S/C10H14N2OS/c1-7(2)4-10(13)11-5-9-6-14-8(3)12-9/h4,6H,5H2,1-3H3,(H,11,13). The smallest absolute Gasteiger partial charge is 0.244 e. The number of hydrogen-bond acceptors (Lipinski definition) is 3. The van der Waals surface area contributed by atoms with Crippen LogP contribution >= 0.6 is 11.3 Å². The van der Waals surface area contributed by atoms with Gasteiger partial charge in [0, 0.05) is 11.5 Å². The van der Waals surface area contributed by atoms with Gasteiger partial charge in [-0.3, -0.25) is 4.79 Å². The second-order valence-corrected chi connectivity index (χ2v) is 4.36. The fraction of sp³-hybridized carbons (Fsp3) is 0.400. The molecule has 0 aliphatic heterocycles. The molecule has 76 valence electrons. The Labute approximate surface area is 87.9 Å². The molecule has 1 N–H and O–H groups in total. The number of carbonyl (C=O) groups excluding carboxylic acids is 1. The van der Waals surface area contributed by atoms with E-state index in [-0.39, 0.29) is 5.91 Å². The van der Waals surface area contributed by atoms with Crippen molar-refractivity contribution in [2.75, 3.05) is 0 Å². The van der Waals surface area contributed by atoms with Crippen LogP contribution in [0.2, 0.25) is 0 Å². The highest BCUT2D eigenvalue weighted by molar-refractivity contribution is 7.09. The molecule has 0 aliphatic carbocycles. The maximum absolute atomic E-state index is 11.2. The van der Waals surface area contributed by atoms with Crippen molar-refractivity contribution in [1.29, 1.82) is 0 Å². The average Bonchev–Trinajstić information content (AvgIpc) is 2.47. The molecule has 0 atom stereocenters. The molecule has 0 aliphatic rings. The molecule has 1 aromatic rings. The van der Waals surface area contributed by atoms with Crippen LogP contribution in [0.5, 0.6) is 0 Å². The number of allylic oxidation sites excluding steroid dienone is 1. The lowest BCUT2D eigenvalue weighted by Crippen LogP contribution is -2.20. The van der Waals surface area contributed by atoms with Crippen LogP contribution in [-0.4, -0.2) is 10.9 Å². The van der Waals surface area contributed by atoms with Gasteiger partial charge in [0.25, 0.3) is 0 Å². The van der Waals surface area contributed by atoms with Gasteiger partial charge < -0.3 is 5.32 Å². The van der Waals surface area contributed by atoms with Crippen molar-refractivity contribution in [3.63, 3.8) is 0 Å². The highest BCUT2D eigenvalue weighted by Crippen LogP contribution is 2.07. The summed E-state index contributed by atoms with van der Waals surface area (Å²) < 4.78 is 0. The third-order valence-electron chi connectivity index (χ3n) is 1.53. The van der Waals surface area contributed by atoms with Crippen molar-refractivity contribution < 1.29 is 4.79 Å². The Hall–Kier alpha value is -1.16. The van der Waals surface area contributed by atoms with Crippen molar-refractivity contribution in [3.05, 3.63) is 27.7 Å². The molecule has 0 unspecified atom stereocenters. The fourth-order valence-corrected chi connectivity index (χ4v) is 1.59. The molecule has 1 amide bonds. The molecule has 0 aromatic carbocycles. The molecule has 1 rings (SSSR count). The van der Waals surface area contributed by atoms with Gasteiger partial charge >= 0.3 is 0 Å². The van der Waals surface area contributed by atoms with Crippen LogP contribution in [-0.2, 0) is 11.3 Å². The summed E-state index contributed by atoms with van der Waals surface area (Å²) in [5.41, 5.74) is 1.92. The molecular weight excluding hydrogens is 196 g/mol. The summed E-state index contributed by atoms with van der Waals surface area (Å²) in [6.07, 6.45) is 1.58. The summed E-state index contributed by atoms with van der Waals surface area (Å²) in [4.78, 5) is 15.5. The van der Waals surface area contributed by atoms with E-state index in [1.807, 2.05) is 26.2 Å². The van der Waals surface area contributed by atoms with Crippen LogP contribution < -0.4 is 5.32 Å². The third-order valence-corrected chi connectivity index (χ3v) is 2.35. The fourth-order valence-electron chi connectivity index (χ4n) is 0.980. The van der Waals surface area contributed by atoms with E-state index in [0.29, 0.717) is 6.54 Å². The van der Waals surface area contributed by atoms with E-state index in [2.05, 4.69) is 10.3 Å². The van der Waals surface area contributed by atoms with Gasteiger partial charge in [0.05, 0.1) is 17.2 Å². The number of amides is 1. The normalized spacial score (nSPS) is 9.64. The number of hydrogen-bond donors (Lipinski definition) is 1. The van der Waals surface area contributed by atoms with Crippen LogP contribution in [0.15, 0.2) is 17.0 Å². The predicted octanol–water partition coefficient (Wildman–Crippen LogP) is 2.03. The third kappa shape index (κ3) is 3.70. The number of nitrogens with one attached hydrogen (secondary N) is 1. The predicted molar refractivity (Wildman–Crippen MR) is 58.1 cm³/mol. The molecule has 1 aromatic heterocycles. The molecule has 0 saturated heterocycles. The first-order valence-corrected chi connectivity index (χ1v) is 5.29. The number of carbonyl (C=O) groups is 1. The number of thiazole rings is 1. The van der Waals surface area contributed by atoms with Gasteiger partial charge in [0.15, 0.2) is 0 Å². The topological polar surface area (TPSA) is 42.0 Å². The lowest BCUT2D eigenvalue weighted by Gasteiger charge is -1.98. The summed E-state index contributed by atoms with van der Waals surface area (Å²) in [6, 6.07) is 0. The van der Waals surface area contributed by atoms with Gasteiger partial charge in [-0.15, -0.1) is 11.3 Å². The van der Waals surface area contributed by atoms with Gasteiger partial charge in [-0.05, 0) is 20.8 Å². The summed E-state index contributed by atoms with van der Waals surface area (Å²) in [5, 5.41) is 5.75. The van der Waals surface area contributed by atoms with Crippen LogP contribution in [0.25, 0.3) is 0 Å². The molecule has 14 heavy (non-hydrogen) atoms. The Morgan fingerprint density at radius 3 is 2.86 bits per heavy atom. The molecule has 4 heteroatoms. The highest BCUT2D eigenvalue weighted by atomic mass is 32.1. The van der Waals surface area contributed by atoms with Gasteiger partial charge in [0.2, 0.25) is 5.91 Å². The van der Waals surface area contributed by atoms with E-state index < -0.39 is 0 Å².